The van der Waals surface area contributed by atoms with Gasteiger partial charge in [-0.05, 0) is 24.3 Å². The Kier molecular flexibility index (Phi) is 3.42. The van der Waals surface area contributed by atoms with Crippen molar-refractivity contribution in [1.29, 1.82) is 0 Å². The first-order chi connectivity index (χ1) is 11.6. The normalized spacial score (nSPS) is 11.1. The van der Waals surface area contributed by atoms with E-state index in [1.807, 2.05) is 17.5 Å². The largest absolute Gasteiger partial charge is 0.275 e. The maximum atomic E-state index is 13.1. The lowest BCUT2D eigenvalue weighted by molar-refractivity contribution is 0.584. The number of rotatable bonds is 2. The van der Waals surface area contributed by atoms with E-state index in [9.17, 15) is 9.18 Å². The number of fused-ring (bicyclic) bond motifs is 1. The fourth-order valence-corrected chi connectivity index (χ4v) is 3.67. The molecular weight excluding hydrogens is 327 g/mol. The van der Waals surface area contributed by atoms with E-state index in [0.29, 0.717) is 10.9 Å². The first-order valence-corrected chi connectivity index (χ1v) is 8.04. The van der Waals surface area contributed by atoms with Crippen molar-refractivity contribution in [2.75, 3.05) is 0 Å². The molecule has 0 aromatic carbocycles. The molecule has 0 saturated carbocycles. The molecule has 0 unspecified atom stereocenters. The Morgan fingerprint density at radius 3 is 2.62 bits per heavy atom. The minimum absolute atomic E-state index is 0.191. The second-order valence-electron chi connectivity index (χ2n) is 5.24. The molecule has 24 heavy (non-hydrogen) atoms. The molecule has 0 amide bonds. The lowest BCUT2D eigenvalue weighted by Gasteiger charge is -2.06. The molecule has 0 bridgehead atoms. The Morgan fingerprint density at radius 2 is 1.92 bits per heavy atom. The van der Waals surface area contributed by atoms with Gasteiger partial charge in [0.2, 0.25) is 5.95 Å². The van der Waals surface area contributed by atoms with Crippen molar-refractivity contribution in [3.63, 3.8) is 0 Å². The van der Waals surface area contributed by atoms with E-state index in [4.69, 9.17) is 0 Å². The summed E-state index contributed by atoms with van der Waals surface area (Å²) in [7, 11) is 1.62. The molecule has 0 spiro atoms. The van der Waals surface area contributed by atoms with E-state index < -0.39 is 5.95 Å². The van der Waals surface area contributed by atoms with Gasteiger partial charge >= 0.3 is 0 Å². The van der Waals surface area contributed by atoms with Crippen molar-refractivity contribution in [3.05, 3.63) is 64.5 Å². The molecule has 7 heteroatoms. The molecule has 0 saturated heterocycles. The van der Waals surface area contributed by atoms with Crippen LogP contribution in [0.3, 0.4) is 0 Å². The lowest BCUT2D eigenvalue weighted by Crippen LogP contribution is -2.20. The van der Waals surface area contributed by atoms with Crippen molar-refractivity contribution in [2.45, 2.75) is 0 Å². The zero-order chi connectivity index (χ0) is 16.7. The van der Waals surface area contributed by atoms with Gasteiger partial charge in [0.1, 0.15) is 5.69 Å². The van der Waals surface area contributed by atoms with Crippen LogP contribution in [0.1, 0.15) is 0 Å². The Bertz CT molecular complexity index is 1090. The molecule has 4 aromatic rings. The summed E-state index contributed by atoms with van der Waals surface area (Å²) in [4.78, 5) is 20.3. The highest BCUT2D eigenvalue weighted by atomic mass is 32.1. The number of nitrogens with zero attached hydrogens (tertiary/aromatic N) is 4. The third-order valence-corrected chi connectivity index (χ3v) is 4.74. The summed E-state index contributed by atoms with van der Waals surface area (Å²) in [5.41, 5.74) is 2.85. The highest BCUT2D eigenvalue weighted by molar-refractivity contribution is 7.18. The van der Waals surface area contributed by atoms with Gasteiger partial charge < -0.3 is 0 Å². The summed E-state index contributed by atoms with van der Waals surface area (Å²) in [6.07, 6.45) is 4.81. The number of halogens is 1. The summed E-state index contributed by atoms with van der Waals surface area (Å²) < 4.78 is 15.2. The van der Waals surface area contributed by atoms with E-state index in [2.05, 4.69) is 15.1 Å². The van der Waals surface area contributed by atoms with Crippen molar-refractivity contribution in [2.24, 2.45) is 7.05 Å². The Morgan fingerprint density at radius 1 is 1.12 bits per heavy atom. The fourth-order valence-electron chi connectivity index (χ4n) is 2.59. The van der Waals surface area contributed by atoms with E-state index in [1.54, 1.807) is 25.5 Å². The number of hydrogen-bond donors (Lipinski definition) is 0. The van der Waals surface area contributed by atoms with Crippen LogP contribution in [0, 0.1) is 5.95 Å². The molecule has 0 aliphatic rings. The van der Waals surface area contributed by atoms with Crippen molar-refractivity contribution in [3.8, 4) is 22.4 Å². The van der Waals surface area contributed by atoms with Crippen LogP contribution < -0.4 is 5.56 Å². The van der Waals surface area contributed by atoms with Gasteiger partial charge in [0.25, 0.3) is 5.56 Å². The average Bonchev–Trinajstić information content (AvgIpc) is 3.05. The minimum Gasteiger partial charge on any atom is -0.267 e. The van der Waals surface area contributed by atoms with Gasteiger partial charge in [-0.1, -0.05) is 0 Å². The van der Waals surface area contributed by atoms with Crippen LogP contribution in [0.2, 0.25) is 0 Å². The Balaban J connectivity index is 2.04. The molecular formula is C17H11FN4OS. The van der Waals surface area contributed by atoms with E-state index in [0.717, 1.165) is 21.5 Å². The highest BCUT2D eigenvalue weighted by Crippen LogP contribution is 2.36. The summed E-state index contributed by atoms with van der Waals surface area (Å²) in [6, 6.07) is 6.61. The van der Waals surface area contributed by atoms with Crippen LogP contribution in [0.25, 0.3) is 32.5 Å². The molecule has 0 atom stereocenters. The SMILES string of the molecule is Cn1nc(-c2ccncc2)c2scc(-c3ccc(F)nc3)c2c1=O. The van der Waals surface area contributed by atoms with Crippen LogP contribution in [0.4, 0.5) is 4.39 Å². The van der Waals surface area contributed by atoms with Gasteiger partial charge in [0.05, 0.1) is 10.1 Å². The second kappa shape index (κ2) is 5.61. The molecule has 5 nitrogen and oxygen atoms in total. The third-order valence-electron chi connectivity index (χ3n) is 3.76. The molecule has 0 radical (unpaired) electrons. The number of aromatic nitrogens is 4. The average molecular weight is 338 g/mol. The van der Waals surface area contributed by atoms with Crippen LogP contribution in [-0.2, 0) is 7.05 Å². The summed E-state index contributed by atoms with van der Waals surface area (Å²) in [5.74, 6) is -0.551. The maximum Gasteiger partial charge on any atom is 0.275 e. The quantitative estimate of drug-likeness (QED) is 0.526. The number of pyridine rings is 2. The van der Waals surface area contributed by atoms with Gasteiger partial charge in [-0.15, -0.1) is 11.3 Å². The van der Waals surface area contributed by atoms with E-state index in [-0.39, 0.29) is 5.56 Å². The Hall–Kier alpha value is -2.93. The fraction of sp³-hybridized carbons (Fsp3) is 0.0588. The predicted molar refractivity (Wildman–Crippen MR) is 91.3 cm³/mol. The molecule has 4 heterocycles. The maximum absolute atomic E-state index is 13.1. The van der Waals surface area contributed by atoms with Crippen LogP contribution in [-0.4, -0.2) is 19.7 Å². The topological polar surface area (TPSA) is 60.7 Å². The molecule has 0 fully saturated rings. The molecule has 0 aliphatic heterocycles. The highest BCUT2D eigenvalue weighted by Gasteiger charge is 2.17. The zero-order valence-electron chi connectivity index (χ0n) is 12.6. The summed E-state index contributed by atoms with van der Waals surface area (Å²) in [5, 5.41) is 6.85. The van der Waals surface area contributed by atoms with Gasteiger partial charge in [-0.2, -0.15) is 9.49 Å². The van der Waals surface area contributed by atoms with Crippen LogP contribution in [0.15, 0.2) is 53.0 Å². The first kappa shape index (κ1) is 14.6. The standard InChI is InChI=1S/C17H11FN4OS/c1-22-17(23)14-12(11-2-3-13(18)20-8-11)9-24-16(14)15(21-22)10-4-6-19-7-5-10/h2-9H,1H3. The number of aryl methyl sites for hydroxylation is 1. The van der Waals surface area contributed by atoms with E-state index >= 15 is 0 Å². The summed E-state index contributed by atoms with van der Waals surface area (Å²) in [6.45, 7) is 0. The minimum atomic E-state index is -0.551. The predicted octanol–water partition coefficient (Wildman–Crippen LogP) is 3.26. The lowest BCUT2D eigenvalue weighted by atomic mass is 10.1. The molecule has 4 rings (SSSR count). The zero-order valence-corrected chi connectivity index (χ0v) is 13.4. The van der Waals surface area contributed by atoms with Gasteiger partial charge in [-0.3, -0.25) is 9.78 Å². The van der Waals surface area contributed by atoms with Crippen LogP contribution >= 0.6 is 11.3 Å². The molecule has 0 N–H and O–H groups in total. The molecule has 118 valence electrons. The second-order valence-corrected chi connectivity index (χ2v) is 6.12. The van der Waals surface area contributed by atoms with Gasteiger partial charge in [0.15, 0.2) is 0 Å². The van der Waals surface area contributed by atoms with Crippen molar-refractivity contribution < 1.29 is 4.39 Å². The van der Waals surface area contributed by atoms with Gasteiger partial charge in [-0.25, -0.2) is 9.67 Å². The summed E-state index contributed by atoms with van der Waals surface area (Å²) >= 11 is 1.44. The number of thiophene rings is 1. The van der Waals surface area contributed by atoms with Crippen LogP contribution in [0.5, 0.6) is 0 Å². The Labute approximate surface area is 140 Å². The van der Waals surface area contributed by atoms with Gasteiger partial charge in [0, 0.05) is 47.7 Å². The van der Waals surface area contributed by atoms with E-state index in [1.165, 1.54) is 28.3 Å². The van der Waals surface area contributed by atoms with Crippen molar-refractivity contribution >= 4 is 21.4 Å². The number of hydrogen-bond acceptors (Lipinski definition) is 5. The smallest absolute Gasteiger partial charge is 0.267 e. The molecule has 0 aliphatic carbocycles. The third kappa shape index (κ3) is 2.30. The van der Waals surface area contributed by atoms with Crippen molar-refractivity contribution in [1.82, 2.24) is 19.7 Å². The monoisotopic (exact) mass is 338 g/mol. The first-order valence-electron chi connectivity index (χ1n) is 7.16. The molecule has 4 aromatic heterocycles.